The smallest absolute Gasteiger partial charge is 0.198 e. The summed E-state index contributed by atoms with van der Waals surface area (Å²) in [5, 5.41) is 0. The molecule has 0 aliphatic heterocycles. The van der Waals surface area contributed by atoms with Crippen LogP contribution in [0.5, 0.6) is 11.5 Å². The topological polar surface area (TPSA) is 48.4 Å². The highest BCUT2D eigenvalue weighted by Gasteiger charge is 2.18. The second-order valence-corrected chi connectivity index (χ2v) is 4.26. The van der Waals surface area contributed by atoms with E-state index in [1.165, 1.54) is 0 Å². The van der Waals surface area contributed by atoms with Gasteiger partial charge < -0.3 is 9.47 Å². The van der Waals surface area contributed by atoms with Gasteiger partial charge in [0.25, 0.3) is 0 Å². The SMILES string of the molecule is CCCOc1c(OC)cccc1C(=O)c1cccnc1. The van der Waals surface area contributed by atoms with Crippen LogP contribution in [0.15, 0.2) is 42.7 Å². The van der Waals surface area contributed by atoms with Crippen molar-refractivity contribution >= 4 is 5.78 Å². The molecule has 0 N–H and O–H groups in total. The standard InChI is InChI=1S/C16H17NO3/c1-3-10-20-16-13(7-4-8-14(16)19-2)15(18)12-6-5-9-17-11-12/h4-9,11H,3,10H2,1-2H3. The zero-order valence-corrected chi connectivity index (χ0v) is 11.6. The Morgan fingerprint density at radius 1 is 1.25 bits per heavy atom. The quantitative estimate of drug-likeness (QED) is 0.757. The van der Waals surface area contributed by atoms with Gasteiger partial charge in [0, 0.05) is 18.0 Å². The van der Waals surface area contributed by atoms with Crippen molar-refractivity contribution in [1.82, 2.24) is 4.98 Å². The van der Waals surface area contributed by atoms with Crippen LogP contribution in [0.3, 0.4) is 0 Å². The van der Waals surface area contributed by atoms with Gasteiger partial charge in [-0.05, 0) is 30.7 Å². The summed E-state index contributed by atoms with van der Waals surface area (Å²) in [6.45, 7) is 2.55. The molecule has 1 heterocycles. The van der Waals surface area contributed by atoms with Crippen LogP contribution in [0.1, 0.15) is 29.3 Å². The molecule has 4 heteroatoms. The Hall–Kier alpha value is -2.36. The fraction of sp³-hybridized carbons (Fsp3) is 0.250. The number of rotatable bonds is 6. The molecule has 2 rings (SSSR count). The largest absolute Gasteiger partial charge is 0.493 e. The van der Waals surface area contributed by atoms with E-state index in [0.29, 0.717) is 29.2 Å². The van der Waals surface area contributed by atoms with Gasteiger partial charge >= 0.3 is 0 Å². The lowest BCUT2D eigenvalue weighted by atomic mass is 10.0. The molecule has 1 aromatic heterocycles. The van der Waals surface area contributed by atoms with Gasteiger partial charge in [0.15, 0.2) is 17.3 Å². The highest BCUT2D eigenvalue weighted by Crippen LogP contribution is 2.32. The van der Waals surface area contributed by atoms with Gasteiger partial charge in [0.1, 0.15) is 0 Å². The summed E-state index contributed by atoms with van der Waals surface area (Å²) >= 11 is 0. The zero-order chi connectivity index (χ0) is 14.4. The Bertz CT molecular complexity index is 582. The summed E-state index contributed by atoms with van der Waals surface area (Å²) in [7, 11) is 1.56. The highest BCUT2D eigenvalue weighted by atomic mass is 16.5. The summed E-state index contributed by atoms with van der Waals surface area (Å²) in [4.78, 5) is 16.5. The minimum atomic E-state index is -0.122. The minimum Gasteiger partial charge on any atom is -0.493 e. The molecular formula is C16H17NO3. The maximum absolute atomic E-state index is 12.5. The number of ether oxygens (including phenoxy) is 2. The van der Waals surface area contributed by atoms with Crippen LogP contribution in [0.25, 0.3) is 0 Å². The van der Waals surface area contributed by atoms with E-state index < -0.39 is 0 Å². The Morgan fingerprint density at radius 2 is 2.10 bits per heavy atom. The Balaban J connectivity index is 2.42. The predicted octanol–water partition coefficient (Wildman–Crippen LogP) is 3.11. The molecule has 0 radical (unpaired) electrons. The molecule has 0 spiro atoms. The predicted molar refractivity (Wildman–Crippen MR) is 76.4 cm³/mol. The van der Waals surface area contributed by atoms with Crippen LogP contribution >= 0.6 is 0 Å². The van der Waals surface area contributed by atoms with Crippen molar-refractivity contribution in [2.75, 3.05) is 13.7 Å². The lowest BCUT2D eigenvalue weighted by molar-refractivity contribution is 0.103. The van der Waals surface area contributed by atoms with Gasteiger partial charge in [0.2, 0.25) is 0 Å². The number of methoxy groups -OCH3 is 1. The van der Waals surface area contributed by atoms with Crippen molar-refractivity contribution in [3.63, 3.8) is 0 Å². The van der Waals surface area contributed by atoms with Gasteiger partial charge in [-0.15, -0.1) is 0 Å². The van der Waals surface area contributed by atoms with E-state index >= 15 is 0 Å². The van der Waals surface area contributed by atoms with Crippen molar-refractivity contribution in [1.29, 1.82) is 0 Å². The lowest BCUT2D eigenvalue weighted by Crippen LogP contribution is -2.07. The van der Waals surface area contributed by atoms with Gasteiger partial charge in [-0.3, -0.25) is 9.78 Å². The average molecular weight is 271 g/mol. The first-order valence-electron chi connectivity index (χ1n) is 6.52. The maximum Gasteiger partial charge on any atom is 0.198 e. The number of pyridine rings is 1. The van der Waals surface area contributed by atoms with E-state index in [2.05, 4.69) is 4.98 Å². The van der Waals surface area contributed by atoms with Crippen molar-refractivity contribution in [3.05, 3.63) is 53.9 Å². The number of carbonyl (C=O) groups excluding carboxylic acids is 1. The number of hydrogen-bond donors (Lipinski definition) is 0. The molecule has 0 aliphatic rings. The molecule has 0 saturated carbocycles. The molecule has 0 saturated heterocycles. The Morgan fingerprint density at radius 3 is 2.75 bits per heavy atom. The number of nitrogens with zero attached hydrogens (tertiary/aromatic N) is 1. The summed E-state index contributed by atoms with van der Waals surface area (Å²) in [6, 6.07) is 8.77. The molecule has 2 aromatic rings. The van der Waals surface area contributed by atoms with Gasteiger partial charge in [-0.2, -0.15) is 0 Å². The molecule has 0 amide bonds. The summed E-state index contributed by atoms with van der Waals surface area (Å²) in [6.07, 6.45) is 4.04. The average Bonchev–Trinajstić information content (AvgIpc) is 2.52. The first-order valence-corrected chi connectivity index (χ1v) is 6.52. The van der Waals surface area contributed by atoms with E-state index in [1.54, 1.807) is 49.8 Å². The molecule has 4 nitrogen and oxygen atoms in total. The highest BCUT2D eigenvalue weighted by molar-refractivity contribution is 6.11. The maximum atomic E-state index is 12.5. The summed E-state index contributed by atoms with van der Waals surface area (Å²) < 4.78 is 11.0. The first kappa shape index (κ1) is 14.1. The molecule has 0 unspecified atom stereocenters. The number of hydrogen-bond acceptors (Lipinski definition) is 4. The Kier molecular flexibility index (Phi) is 4.71. The first-order chi connectivity index (χ1) is 9.77. The van der Waals surface area contributed by atoms with E-state index in [9.17, 15) is 4.79 Å². The molecular weight excluding hydrogens is 254 g/mol. The third-order valence-corrected chi connectivity index (χ3v) is 2.82. The van der Waals surface area contributed by atoms with Crippen LogP contribution in [-0.4, -0.2) is 24.5 Å². The molecule has 0 bridgehead atoms. The third kappa shape index (κ3) is 2.96. The van der Waals surface area contributed by atoms with Crippen LogP contribution in [0.4, 0.5) is 0 Å². The number of carbonyl (C=O) groups is 1. The second kappa shape index (κ2) is 6.70. The number of benzene rings is 1. The summed E-state index contributed by atoms with van der Waals surface area (Å²) in [5.74, 6) is 0.932. The van der Waals surface area contributed by atoms with Crippen LogP contribution in [0.2, 0.25) is 0 Å². The van der Waals surface area contributed by atoms with Crippen LogP contribution in [-0.2, 0) is 0 Å². The van der Waals surface area contributed by atoms with E-state index in [-0.39, 0.29) is 5.78 Å². The van der Waals surface area contributed by atoms with Crippen molar-refractivity contribution in [2.45, 2.75) is 13.3 Å². The molecule has 20 heavy (non-hydrogen) atoms. The Labute approximate surface area is 118 Å². The van der Waals surface area contributed by atoms with Gasteiger partial charge in [-0.25, -0.2) is 0 Å². The zero-order valence-electron chi connectivity index (χ0n) is 11.6. The molecule has 0 fully saturated rings. The van der Waals surface area contributed by atoms with E-state index in [1.807, 2.05) is 6.92 Å². The monoisotopic (exact) mass is 271 g/mol. The number of para-hydroxylation sites is 1. The van der Waals surface area contributed by atoms with Crippen LogP contribution in [0, 0.1) is 0 Å². The van der Waals surface area contributed by atoms with Crippen molar-refractivity contribution in [3.8, 4) is 11.5 Å². The lowest BCUT2D eigenvalue weighted by Gasteiger charge is -2.13. The summed E-state index contributed by atoms with van der Waals surface area (Å²) in [5.41, 5.74) is 1.02. The molecule has 1 aromatic carbocycles. The second-order valence-electron chi connectivity index (χ2n) is 4.26. The van der Waals surface area contributed by atoms with Gasteiger partial charge in [0.05, 0.1) is 19.3 Å². The van der Waals surface area contributed by atoms with Crippen molar-refractivity contribution in [2.24, 2.45) is 0 Å². The van der Waals surface area contributed by atoms with Gasteiger partial charge in [-0.1, -0.05) is 13.0 Å². The van der Waals surface area contributed by atoms with Crippen LogP contribution < -0.4 is 9.47 Å². The third-order valence-electron chi connectivity index (χ3n) is 2.82. The molecule has 0 aliphatic carbocycles. The van der Waals surface area contributed by atoms with E-state index in [4.69, 9.17) is 9.47 Å². The fourth-order valence-electron chi connectivity index (χ4n) is 1.86. The normalized spacial score (nSPS) is 10.1. The molecule has 104 valence electrons. The van der Waals surface area contributed by atoms with E-state index in [0.717, 1.165) is 6.42 Å². The number of ketones is 1. The number of aromatic nitrogens is 1. The van der Waals surface area contributed by atoms with Crippen molar-refractivity contribution < 1.29 is 14.3 Å². The minimum absolute atomic E-state index is 0.122. The fourth-order valence-corrected chi connectivity index (χ4v) is 1.86. The molecule has 0 atom stereocenters.